The molecule has 0 saturated heterocycles. The molecule has 1 heterocycles. The Kier molecular flexibility index (Phi) is 4.28. The molecule has 0 spiro atoms. The molecule has 0 unspecified atom stereocenters. The summed E-state index contributed by atoms with van der Waals surface area (Å²) in [7, 11) is -1.50. The number of aromatic amines is 1. The summed E-state index contributed by atoms with van der Waals surface area (Å²) < 4.78 is 47.9. The van der Waals surface area contributed by atoms with E-state index >= 15 is 0 Å². The number of carboxylic acid groups (broad SMARTS) is 1. The molecule has 0 aliphatic carbocycles. The van der Waals surface area contributed by atoms with Gasteiger partial charge in [-0.3, -0.25) is 5.10 Å². The van der Waals surface area contributed by atoms with Gasteiger partial charge in [-0.1, -0.05) is 0 Å². The fraction of sp³-hybridized carbons (Fsp3) is 0.231. The summed E-state index contributed by atoms with van der Waals surface area (Å²) in [6.45, 7) is 0. The molecule has 0 aliphatic heterocycles. The molecular formula is C13H13FN2O6S. The number of aromatic nitrogens is 2. The van der Waals surface area contributed by atoms with Crippen LogP contribution in [0.2, 0.25) is 0 Å². The zero-order valence-corrected chi connectivity index (χ0v) is 13.2. The fourth-order valence-electron chi connectivity index (χ4n) is 2.08. The van der Waals surface area contributed by atoms with E-state index in [9.17, 15) is 17.6 Å². The van der Waals surface area contributed by atoms with Crippen LogP contribution >= 0.6 is 0 Å². The van der Waals surface area contributed by atoms with Crippen LogP contribution in [0.25, 0.3) is 11.3 Å². The lowest BCUT2D eigenvalue weighted by atomic mass is 10.1. The maximum Gasteiger partial charge on any atom is 0.353 e. The molecule has 124 valence electrons. The predicted molar refractivity (Wildman–Crippen MR) is 77.2 cm³/mol. The maximum atomic E-state index is 14.3. The van der Waals surface area contributed by atoms with Crippen LogP contribution in [0.5, 0.6) is 11.5 Å². The van der Waals surface area contributed by atoms with Crippen molar-refractivity contribution in [2.24, 2.45) is 0 Å². The quantitative estimate of drug-likeness (QED) is 0.840. The smallest absolute Gasteiger partial charge is 0.353 e. The van der Waals surface area contributed by atoms with Gasteiger partial charge in [0.15, 0.2) is 21.3 Å². The first-order valence-electron chi connectivity index (χ1n) is 6.14. The predicted octanol–water partition coefficient (Wildman–Crippen LogP) is 1.33. The van der Waals surface area contributed by atoms with Gasteiger partial charge < -0.3 is 14.6 Å². The van der Waals surface area contributed by atoms with Gasteiger partial charge in [0.25, 0.3) is 0 Å². The molecular weight excluding hydrogens is 331 g/mol. The van der Waals surface area contributed by atoms with Crippen molar-refractivity contribution < 1.29 is 32.2 Å². The second-order valence-electron chi connectivity index (χ2n) is 4.55. The highest BCUT2D eigenvalue weighted by atomic mass is 32.2. The van der Waals surface area contributed by atoms with Crippen molar-refractivity contribution in [3.63, 3.8) is 0 Å². The number of rotatable bonds is 5. The lowest BCUT2D eigenvalue weighted by Gasteiger charge is -2.15. The Balaban J connectivity index is 2.79. The normalized spacial score (nSPS) is 11.3. The number of nitrogens with zero attached hydrogens (tertiary/aromatic N) is 1. The number of aromatic carboxylic acids is 1. The van der Waals surface area contributed by atoms with Crippen molar-refractivity contribution in [1.29, 1.82) is 0 Å². The minimum Gasteiger partial charge on any atom is -0.492 e. The molecule has 2 N–H and O–H groups in total. The van der Waals surface area contributed by atoms with Crippen molar-refractivity contribution >= 4 is 15.8 Å². The van der Waals surface area contributed by atoms with Crippen LogP contribution in [0.1, 0.15) is 10.5 Å². The van der Waals surface area contributed by atoms with Crippen molar-refractivity contribution in [2.45, 2.75) is 4.90 Å². The van der Waals surface area contributed by atoms with Gasteiger partial charge in [0.05, 0.1) is 25.5 Å². The summed E-state index contributed by atoms with van der Waals surface area (Å²) in [5.41, 5.74) is -0.0943. The molecule has 8 nitrogen and oxygen atoms in total. The number of carbonyl (C=O) groups is 1. The van der Waals surface area contributed by atoms with Gasteiger partial charge in [-0.05, 0) is 12.1 Å². The molecule has 0 aliphatic rings. The average molecular weight is 344 g/mol. The standard InChI is InChI=1S/C13H13FN2O6S/c1-21-10-6(8-5-9(13(17)18)16-15-8)4-7(14)12(11(10)22-2)23(3,19)20/h4-5H,1-3H3,(H,15,16)(H,17,18). The van der Waals surface area contributed by atoms with E-state index in [0.717, 1.165) is 12.3 Å². The van der Waals surface area contributed by atoms with Gasteiger partial charge in [0.1, 0.15) is 16.4 Å². The third-order valence-electron chi connectivity index (χ3n) is 3.01. The van der Waals surface area contributed by atoms with Crippen molar-refractivity contribution in [3.05, 3.63) is 23.6 Å². The Morgan fingerprint density at radius 3 is 2.30 bits per heavy atom. The largest absolute Gasteiger partial charge is 0.492 e. The number of nitrogens with one attached hydrogen (secondary N) is 1. The molecule has 10 heteroatoms. The monoisotopic (exact) mass is 344 g/mol. The second-order valence-corrected chi connectivity index (χ2v) is 6.50. The summed E-state index contributed by atoms with van der Waals surface area (Å²) in [5.74, 6) is -2.69. The number of halogens is 1. The van der Waals surface area contributed by atoms with Crippen LogP contribution in [-0.2, 0) is 9.84 Å². The van der Waals surface area contributed by atoms with Crippen LogP contribution in [0.3, 0.4) is 0 Å². The molecule has 1 aromatic carbocycles. The summed E-state index contributed by atoms with van der Waals surface area (Å²) in [4.78, 5) is 10.3. The molecule has 1 aromatic heterocycles. The molecule has 2 rings (SSSR count). The van der Waals surface area contributed by atoms with Gasteiger partial charge in [-0.25, -0.2) is 17.6 Å². The molecule has 0 radical (unpaired) electrons. The summed E-state index contributed by atoms with van der Waals surface area (Å²) in [5, 5.41) is 14.9. The van der Waals surface area contributed by atoms with Gasteiger partial charge in [-0.15, -0.1) is 0 Å². The minimum absolute atomic E-state index is 0.0537. The minimum atomic E-state index is -3.92. The van der Waals surface area contributed by atoms with Crippen molar-refractivity contribution in [1.82, 2.24) is 10.2 Å². The van der Waals surface area contributed by atoms with E-state index < -0.39 is 26.5 Å². The van der Waals surface area contributed by atoms with Crippen LogP contribution in [-0.4, -0.2) is 50.2 Å². The SMILES string of the molecule is COc1c(-c2cc(C(=O)O)[nH]n2)cc(F)c(S(C)(=O)=O)c1OC. The number of hydrogen-bond acceptors (Lipinski definition) is 6. The van der Waals surface area contributed by atoms with Crippen LogP contribution in [0.15, 0.2) is 17.0 Å². The molecule has 0 amide bonds. The van der Waals surface area contributed by atoms with E-state index in [4.69, 9.17) is 14.6 Å². The molecule has 2 aromatic rings. The van der Waals surface area contributed by atoms with Gasteiger partial charge in [0.2, 0.25) is 0 Å². The first-order chi connectivity index (χ1) is 10.7. The van der Waals surface area contributed by atoms with Gasteiger partial charge in [-0.2, -0.15) is 5.10 Å². The summed E-state index contributed by atoms with van der Waals surface area (Å²) in [6.07, 6.45) is 0.837. The lowest BCUT2D eigenvalue weighted by molar-refractivity contribution is 0.0690. The van der Waals surface area contributed by atoms with Crippen LogP contribution < -0.4 is 9.47 Å². The first kappa shape index (κ1) is 16.7. The first-order valence-corrected chi connectivity index (χ1v) is 8.03. The number of carboxylic acids is 1. The third-order valence-corrected chi connectivity index (χ3v) is 4.13. The van der Waals surface area contributed by atoms with Crippen molar-refractivity contribution in [2.75, 3.05) is 20.5 Å². The van der Waals surface area contributed by atoms with Gasteiger partial charge in [0, 0.05) is 6.26 Å². The number of benzene rings is 1. The van der Waals surface area contributed by atoms with E-state index in [-0.39, 0.29) is 28.5 Å². The topological polar surface area (TPSA) is 119 Å². The highest BCUT2D eigenvalue weighted by Gasteiger charge is 2.28. The number of sulfone groups is 1. The highest BCUT2D eigenvalue weighted by molar-refractivity contribution is 7.90. The molecule has 0 bridgehead atoms. The maximum absolute atomic E-state index is 14.3. The van der Waals surface area contributed by atoms with Gasteiger partial charge >= 0.3 is 5.97 Å². The summed E-state index contributed by atoms with van der Waals surface area (Å²) in [6, 6.07) is 2.07. The zero-order valence-electron chi connectivity index (χ0n) is 12.4. The molecule has 23 heavy (non-hydrogen) atoms. The molecule has 0 fully saturated rings. The van der Waals surface area contributed by atoms with E-state index in [1.807, 2.05) is 0 Å². The fourth-order valence-corrected chi connectivity index (χ4v) is 3.01. The second kappa shape index (κ2) is 5.88. The Bertz CT molecular complexity index is 875. The summed E-state index contributed by atoms with van der Waals surface area (Å²) >= 11 is 0. The number of H-pyrrole nitrogens is 1. The molecule has 0 atom stereocenters. The van der Waals surface area contributed by atoms with Crippen LogP contribution in [0, 0.1) is 5.82 Å². The van der Waals surface area contributed by atoms with Crippen molar-refractivity contribution in [3.8, 4) is 22.8 Å². The Labute approximate surface area is 130 Å². The van der Waals surface area contributed by atoms with E-state index in [1.165, 1.54) is 20.3 Å². The van der Waals surface area contributed by atoms with E-state index in [0.29, 0.717) is 0 Å². The lowest BCUT2D eigenvalue weighted by Crippen LogP contribution is -2.07. The van der Waals surface area contributed by atoms with E-state index in [2.05, 4.69) is 10.2 Å². The molecule has 0 saturated carbocycles. The average Bonchev–Trinajstić information content (AvgIpc) is 2.94. The Morgan fingerprint density at radius 1 is 1.26 bits per heavy atom. The Hall–Kier alpha value is -2.62. The highest BCUT2D eigenvalue weighted by Crippen LogP contribution is 2.43. The van der Waals surface area contributed by atoms with E-state index in [1.54, 1.807) is 0 Å². The zero-order chi connectivity index (χ0) is 17.4. The van der Waals surface area contributed by atoms with Crippen LogP contribution in [0.4, 0.5) is 4.39 Å². The number of ether oxygens (including phenoxy) is 2. The number of hydrogen-bond donors (Lipinski definition) is 2. The Morgan fingerprint density at radius 2 is 1.87 bits per heavy atom. The number of methoxy groups -OCH3 is 2. The third kappa shape index (κ3) is 2.97.